The van der Waals surface area contributed by atoms with Crippen LogP contribution in [0.25, 0.3) is 0 Å². The molecule has 2 aromatic rings. The Kier molecular flexibility index (Phi) is 6.89. The first-order valence-electron chi connectivity index (χ1n) is 10.5. The van der Waals surface area contributed by atoms with E-state index in [1.807, 2.05) is 30.3 Å². The summed E-state index contributed by atoms with van der Waals surface area (Å²) < 4.78 is 6.39. The lowest BCUT2D eigenvalue weighted by Crippen LogP contribution is -2.45. The van der Waals surface area contributed by atoms with Gasteiger partial charge < -0.3 is 25.6 Å². The zero-order valence-corrected chi connectivity index (χ0v) is 19.1. The molecule has 3 amide bonds. The number of rotatable bonds is 4. The second-order valence-electron chi connectivity index (χ2n) is 7.92. The Morgan fingerprint density at radius 2 is 1.74 bits per heavy atom. The van der Waals surface area contributed by atoms with Crippen LogP contribution >= 0.6 is 15.9 Å². The van der Waals surface area contributed by atoms with Gasteiger partial charge in [0, 0.05) is 35.9 Å². The predicted octanol–water partition coefficient (Wildman–Crippen LogP) is 3.40. The Labute approximate surface area is 190 Å². The number of amides is 3. The number of fused-ring (bicyclic) bond motifs is 1. The van der Waals surface area contributed by atoms with Crippen LogP contribution in [0.1, 0.15) is 17.5 Å². The van der Waals surface area contributed by atoms with Crippen molar-refractivity contribution in [1.82, 2.24) is 10.2 Å². The average molecular weight is 487 g/mol. The second-order valence-corrected chi connectivity index (χ2v) is 8.84. The molecule has 0 aromatic heterocycles. The number of ether oxygens (including phenoxy) is 1. The first kappa shape index (κ1) is 21.8. The fourth-order valence-corrected chi connectivity index (χ4v) is 4.41. The van der Waals surface area contributed by atoms with Gasteiger partial charge in [-0.3, -0.25) is 4.79 Å². The summed E-state index contributed by atoms with van der Waals surface area (Å²) in [6.45, 7) is 2.28. The van der Waals surface area contributed by atoms with E-state index < -0.39 is 6.04 Å². The number of carbonyl (C=O) groups excluding carboxylic acids is 2. The molecule has 31 heavy (non-hydrogen) atoms. The minimum atomic E-state index is -0.596. The van der Waals surface area contributed by atoms with Gasteiger partial charge in [-0.1, -0.05) is 22.0 Å². The van der Waals surface area contributed by atoms with Crippen molar-refractivity contribution in [3.8, 4) is 0 Å². The van der Waals surface area contributed by atoms with Gasteiger partial charge in [0.2, 0.25) is 5.91 Å². The average Bonchev–Trinajstić information content (AvgIpc) is 3.08. The maximum atomic E-state index is 13.1. The van der Waals surface area contributed by atoms with Crippen molar-refractivity contribution in [2.45, 2.75) is 31.4 Å². The largest absolute Gasteiger partial charge is 0.380 e. The van der Waals surface area contributed by atoms with Gasteiger partial charge in [-0.05, 0) is 73.5 Å². The lowest BCUT2D eigenvalue weighted by molar-refractivity contribution is -0.119. The van der Waals surface area contributed by atoms with Gasteiger partial charge >= 0.3 is 6.03 Å². The van der Waals surface area contributed by atoms with E-state index in [4.69, 9.17) is 4.74 Å². The molecule has 2 aromatic carbocycles. The summed E-state index contributed by atoms with van der Waals surface area (Å²) in [6.07, 6.45) is 2.22. The molecule has 2 aliphatic heterocycles. The Bertz CT molecular complexity index is 950. The first-order valence-corrected chi connectivity index (χ1v) is 11.3. The van der Waals surface area contributed by atoms with Crippen molar-refractivity contribution in [2.75, 3.05) is 37.4 Å². The van der Waals surface area contributed by atoms with Crippen LogP contribution in [0, 0.1) is 0 Å². The summed E-state index contributed by atoms with van der Waals surface area (Å²) in [7, 11) is 1.61. The van der Waals surface area contributed by atoms with Crippen LogP contribution < -0.4 is 16.0 Å². The van der Waals surface area contributed by atoms with Gasteiger partial charge in [0.25, 0.3) is 0 Å². The Morgan fingerprint density at radius 3 is 2.48 bits per heavy atom. The van der Waals surface area contributed by atoms with E-state index in [9.17, 15) is 9.59 Å². The highest BCUT2D eigenvalue weighted by atomic mass is 79.9. The third-order valence-electron chi connectivity index (χ3n) is 5.87. The molecule has 2 aliphatic rings. The molecular weight excluding hydrogens is 460 g/mol. The van der Waals surface area contributed by atoms with Crippen LogP contribution in [0.3, 0.4) is 0 Å². The van der Waals surface area contributed by atoms with Gasteiger partial charge in [0.15, 0.2) is 0 Å². The van der Waals surface area contributed by atoms with E-state index in [0.29, 0.717) is 18.7 Å². The summed E-state index contributed by atoms with van der Waals surface area (Å²) in [5.74, 6) is -0.197. The van der Waals surface area contributed by atoms with Crippen LogP contribution in [0.4, 0.5) is 16.2 Å². The number of methoxy groups -OCH3 is 1. The molecule has 0 saturated carbocycles. The summed E-state index contributed by atoms with van der Waals surface area (Å²) in [4.78, 5) is 27.6. The fourth-order valence-electron chi connectivity index (χ4n) is 4.15. The lowest BCUT2D eigenvalue weighted by Gasteiger charge is -2.24. The molecule has 0 radical (unpaired) electrons. The standard InChI is InChI=1S/C23H27BrN4O3/c1-31-20-13-21(28(14-20)23(30)27-18-6-3-17(24)4-7-18)22(29)26-19-5-2-15-8-10-25-11-9-16(15)12-19/h2-7,12,20-21,25H,8-11,13-14H2,1H3,(H,26,29)(H,27,30). The van der Waals surface area contributed by atoms with Gasteiger partial charge in [-0.15, -0.1) is 0 Å². The number of nitrogens with zero attached hydrogens (tertiary/aromatic N) is 1. The third-order valence-corrected chi connectivity index (χ3v) is 6.40. The maximum Gasteiger partial charge on any atom is 0.322 e. The monoisotopic (exact) mass is 486 g/mol. The number of halogens is 1. The van der Waals surface area contributed by atoms with Crippen LogP contribution in [0.5, 0.6) is 0 Å². The number of likely N-dealkylation sites (tertiary alicyclic amines) is 1. The summed E-state index contributed by atoms with van der Waals surface area (Å²) >= 11 is 3.39. The smallest absolute Gasteiger partial charge is 0.322 e. The highest BCUT2D eigenvalue weighted by molar-refractivity contribution is 9.10. The molecule has 2 unspecified atom stereocenters. The van der Waals surface area contributed by atoms with Crippen LogP contribution in [0.2, 0.25) is 0 Å². The molecule has 3 N–H and O–H groups in total. The number of urea groups is 1. The number of anilines is 2. The Morgan fingerprint density at radius 1 is 1.03 bits per heavy atom. The molecule has 1 fully saturated rings. The molecule has 1 saturated heterocycles. The molecule has 2 heterocycles. The van der Waals surface area contributed by atoms with Gasteiger partial charge in [-0.25, -0.2) is 4.79 Å². The van der Waals surface area contributed by atoms with E-state index in [1.54, 1.807) is 12.0 Å². The maximum absolute atomic E-state index is 13.1. The summed E-state index contributed by atoms with van der Waals surface area (Å²) in [5, 5.41) is 9.29. The van der Waals surface area contributed by atoms with Crippen LogP contribution in [0.15, 0.2) is 46.9 Å². The minimum Gasteiger partial charge on any atom is -0.380 e. The molecule has 0 bridgehead atoms. The van der Waals surface area contributed by atoms with E-state index >= 15 is 0 Å². The van der Waals surface area contributed by atoms with E-state index in [0.717, 1.165) is 36.1 Å². The SMILES string of the molecule is COC1CC(C(=O)Nc2ccc3c(c2)CCNCC3)N(C(=O)Nc2ccc(Br)cc2)C1. The van der Waals surface area contributed by atoms with Crippen LogP contribution in [-0.4, -0.2) is 55.7 Å². The highest BCUT2D eigenvalue weighted by Gasteiger charge is 2.40. The topological polar surface area (TPSA) is 82.7 Å². The molecule has 8 heteroatoms. The van der Waals surface area contributed by atoms with Crippen molar-refractivity contribution >= 4 is 39.2 Å². The van der Waals surface area contributed by atoms with Crippen molar-refractivity contribution in [3.05, 3.63) is 58.1 Å². The number of hydrogen-bond donors (Lipinski definition) is 3. The predicted molar refractivity (Wildman–Crippen MR) is 124 cm³/mol. The fraction of sp³-hybridized carbons (Fsp3) is 0.391. The molecule has 0 aliphatic carbocycles. The highest BCUT2D eigenvalue weighted by Crippen LogP contribution is 2.25. The zero-order valence-electron chi connectivity index (χ0n) is 17.5. The van der Waals surface area contributed by atoms with Crippen molar-refractivity contribution in [1.29, 1.82) is 0 Å². The van der Waals surface area contributed by atoms with Crippen molar-refractivity contribution in [2.24, 2.45) is 0 Å². The van der Waals surface area contributed by atoms with Crippen molar-refractivity contribution < 1.29 is 14.3 Å². The lowest BCUT2D eigenvalue weighted by atomic mass is 10.0. The first-order chi connectivity index (χ1) is 15.0. The third kappa shape index (κ3) is 5.26. The zero-order chi connectivity index (χ0) is 21.8. The number of carbonyl (C=O) groups is 2. The quantitative estimate of drug-likeness (QED) is 0.618. The van der Waals surface area contributed by atoms with Gasteiger partial charge in [-0.2, -0.15) is 0 Å². The van der Waals surface area contributed by atoms with Crippen molar-refractivity contribution in [3.63, 3.8) is 0 Å². The molecule has 0 spiro atoms. The number of benzene rings is 2. The molecule has 164 valence electrons. The number of hydrogen-bond acceptors (Lipinski definition) is 4. The van der Waals surface area contributed by atoms with E-state index in [-0.39, 0.29) is 18.0 Å². The van der Waals surface area contributed by atoms with Gasteiger partial charge in [0.1, 0.15) is 6.04 Å². The summed E-state index contributed by atoms with van der Waals surface area (Å²) in [6, 6.07) is 12.5. The van der Waals surface area contributed by atoms with Crippen LogP contribution in [-0.2, 0) is 22.4 Å². The second kappa shape index (κ2) is 9.80. The molecule has 7 nitrogen and oxygen atoms in total. The van der Waals surface area contributed by atoms with E-state index in [1.165, 1.54) is 11.1 Å². The molecule has 2 atom stereocenters. The minimum absolute atomic E-state index is 0.176. The van der Waals surface area contributed by atoms with Gasteiger partial charge in [0.05, 0.1) is 6.10 Å². The normalized spacial score (nSPS) is 20.6. The summed E-state index contributed by atoms with van der Waals surface area (Å²) in [5.41, 5.74) is 4.01. The Hall–Kier alpha value is -2.42. The molecular formula is C23H27BrN4O3. The van der Waals surface area contributed by atoms with E-state index in [2.05, 4.69) is 44.0 Å². The molecule has 4 rings (SSSR count). The number of nitrogens with one attached hydrogen (secondary N) is 3. The Balaban J connectivity index is 1.46.